The Morgan fingerprint density at radius 1 is 1.32 bits per heavy atom. The summed E-state index contributed by atoms with van der Waals surface area (Å²) in [6.45, 7) is 0. The first-order chi connectivity index (χ1) is 8.99. The molecule has 19 heavy (non-hydrogen) atoms. The topological polar surface area (TPSA) is 43.1 Å². The van der Waals surface area contributed by atoms with Crippen molar-refractivity contribution in [1.82, 2.24) is 0 Å². The van der Waals surface area contributed by atoms with Crippen LogP contribution in [-0.2, 0) is 16.6 Å². The van der Waals surface area contributed by atoms with Crippen molar-refractivity contribution in [1.29, 1.82) is 0 Å². The molecule has 100 valence electrons. The monoisotopic (exact) mass is 361 g/mol. The van der Waals surface area contributed by atoms with E-state index in [1.54, 1.807) is 24.3 Å². The minimum atomic E-state index is -1.40. The van der Waals surface area contributed by atoms with Crippen molar-refractivity contribution in [2.75, 3.05) is 5.73 Å². The third kappa shape index (κ3) is 3.35. The van der Waals surface area contributed by atoms with Gasteiger partial charge in [-0.05, 0) is 46.3 Å². The minimum Gasteiger partial charge on any atom is -0.399 e. The highest BCUT2D eigenvalue weighted by atomic mass is 79.9. The predicted octanol–water partition coefficient (Wildman–Crippen LogP) is 4.13. The average molecular weight is 363 g/mol. The molecular weight excluding hydrogens is 353 g/mol. The summed E-state index contributed by atoms with van der Waals surface area (Å²) in [5.41, 5.74) is 6.44. The van der Waals surface area contributed by atoms with Crippen LogP contribution in [0.5, 0.6) is 0 Å². The molecule has 0 aromatic heterocycles. The fourth-order valence-electron chi connectivity index (χ4n) is 1.58. The van der Waals surface area contributed by atoms with Crippen molar-refractivity contribution in [3.63, 3.8) is 0 Å². The summed E-state index contributed by atoms with van der Waals surface area (Å²) < 4.78 is 26.5. The van der Waals surface area contributed by atoms with Crippen LogP contribution in [0.15, 0.2) is 45.8 Å². The van der Waals surface area contributed by atoms with Crippen LogP contribution >= 0.6 is 27.5 Å². The number of hydrogen-bond donors (Lipinski definition) is 1. The smallest absolute Gasteiger partial charge is 0.128 e. The van der Waals surface area contributed by atoms with Gasteiger partial charge < -0.3 is 5.73 Å². The summed E-state index contributed by atoms with van der Waals surface area (Å²) >= 11 is 9.22. The number of benzene rings is 2. The maximum atomic E-state index is 13.6. The fourth-order valence-corrected chi connectivity index (χ4v) is 4.04. The zero-order chi connectivity index (χ0) is 14.0. The molecule has 0 spiro atoms. The van der Waals surface area contributed by atoms with Crippen LogP contribution in [0.1, 0.15) is 5.56 Å². The standard InChI is InChI=1S/C13H10BrClFNOS/c14-10-6-8(17)4-5-13(10)19(18)7-9-11(15)2-1-3-12(9)16/h1-6H,7,17H2. The molecule has 2 aromatic rings. The van der Waals surface area contributed by atoms with Gasteiger partial charge in [-0.3, -0.25) is 4.21 Å². The lowest BCUT2D eigenvalue weighted by Crippen LogP contribution is -2.01. The van der Waals surface area contributed by atoms with E-state index in [0.29, 0.717) is 15.1 Å². The van der Waals surface area contributed by atoms with Crippen LogP contribution in [0.3, 0.4) is 0 Å². The van der Waals surface area contributed by atoms with E-state index in [9.17, 15) is 8.60 Å². The molecule has 0 heterocycles. The molecule has 2 rings (SSSR count). The molecular formula is C13H10BrClFNOS. The number of hydrogen-bond acceptors (Lipinski definition) is 2. The molecule has 0 saturated carbocycles. The van der Waals surface area contributed by atoms with E-state index in [1.165, 1.54) is 12.1 Å². The summed E-state index contributed by atoms with van der Waals surface area (Å²) in [6.07, 6.45) is 0. The van der Waals surface area contributed by atoms with Crippen LogP contribution < -0.4 is 5.73 Å². The van der Waals surface area contributed by atoms with E-state index >= 15 is 0 Å². The molecule has 0 saturated heterocycles. The molecule has 6 heteroatoms. The molecule has 1 unspecified atom stereocenters. The summed E-state index contributed by atoms with van der Waals surface area (Å²) in [5, 5.41) is 0.278. The minimum absolute atomic E-state index is 0.0218. The van der Waals surface area contributed by atoms with Gasteiger partial charge in [0.15, 0.2) is 0 Å². The molecule has 2 N–H and O–H groups in total. The number of anilines is 1. The zero-order valence-electron chi connectivity index (χ0n) is 9.70. The lowest BCUT2D eigenvalue weighted by atomic mass is 10.2. The van der Waals surface area contributed by atoms with E-state index in [0.717, 1.165) is 0 Å². The van der Waals surface area contributed by atoms with Gasteiger partial charge in [0, 0.05) is 20.7 Å². The van der Waals surface area contributed by atoms with E-state index in [1.807, 2.05) is 0 Å². The van der Waals surface area contributed by atoms with Crippen LogP contribution in [0.25, 0.3) is 0 Å². The summed E-state index contributed by atoms with van der Waals surface area (Å²) in [6, 6.07) is 9.37. The van der Waals surface area contributed by atoms with E-state index in [-0.39, 0.29) is 16.3 Å². The van der Waals surface area contributed by atoms with E-state index in [2.05, 4.69) is 15.9 Å². The van der Waals surface area contributed by atoms with Crippen molar-refractivity contribution in [2.24, 2.45) is 0 Å². The van der Waals surface area contributed by atoms with Gasteiger partial charge in [0.05, 0.1) is 21.4 Å². The van der Waals surface area contributed by atoms with Gasteiger partial charge in [0.2, 0.25) is 0 Å². The Kier molecular flexibility index (Phi) is 4.60. The molecule has 0 bridgehead atoms. The average Bonchev–Trinajstić information content (AvgIpc) is 2.33. The lowest BCUT2D eigenvalue weighted by molar-refractivity contribution is 0.615. The Bertz CT molecular complexity index is 630. The van der Waals surface area contributed by atoms with E-state index in [4.69, 9.17) is 17.3 Å². The van der Waals surface area contributed by atoms with Gasteiger partial charge in [0.25, 0.3) is 0 Å². The Morgan fingerprint density at radius 3 is 2.68 bits per heavy atom. The van der Waals surface area contributed by atoms with Gasteiger partial charge in [-0.15, -0.1) is 0 Å². The van der Waals surface area contributed by atoms with Crippen molar-refractivity contribution in [2.45, 2.75) is 10.6 Å². The number of nitrogen functional groups attached to an aromatic ring is 1. The van der Waals surface area contributed by atoms with Crippen molar-refractivity contribution in [3.8, 4) is 0 Å². The SMILES string of the molecule is Nc1ccc(S(=O)Cc2c(F)cccc2Cl)c(Br)c1. The largest absolute Gasteiger partial charge is 0.399 e. The van der Waals surface area contributed by atoms with Crippen LogP contribution in [-0.4, -0.2) is 4.21 Å². The first-order valence-electron chi connectivity index (χ1n) is 5.35. The molecule has 0 amide bonds. The maximum Gasteiger partial charge on any atom is 0.128 e. The van der Waals surface area contributed by atoms with Gasteiger partial charge in [-0.1, -0.05) is 17.7 Å². The second kappa shape index (κ2) is 6.03. The van der Waals surface area contributed by atoms with Gasteiger partial charge in [-0.25, -0.2) is 4.39 Å². The van der Waals surface area contributed by atoms with Gasteiger partial charge in [0.1, 0.15) is 5.82 Å². The molecule has 0 radical (unpaired) electrons. The quantitative estimate of drug-likeness (QED) is 0.834. The van der Waals surface area contributed by atoms with Crippen LogP contribution in [0.2, 0.25) is 5.02 Å². The van der Waals surface area contributed by atoms with Crippen molar-refractivity contribution in [3.05, 3.63) is 57.3 Å². The van der Waals surface area contributed by atoms with Crippen LogP contribution in [0, 0.1) is 5.82 Å². The second-order valence-corrected chi connectivity index (χ2v) is 6.56. The molecule has 0 fully saturated rings. The predicted molar refractivity (Wildman–Crippen MR) is 80.1 cm³/mol. The number of nitrogens with two attached hydrogens (primary N) is 1. The van der Waals surface area contributed by atoms with Crippen molar-refractivity contribution < 1.29 is 8.60 Å². The summed E-state index contributed by atoms with van der Waals surface area (Å²) in [5.74, 6) is -0.430. The normalized spacial score (nSPS) is 12.4. The van der Waals surface area contributed by atoms with Gasteiger partial charge in [-0.2, -0.15) is 0 Å². The molecule has 1 atom stereocenters. The summed E-state index contributed by atoms with van der Waals surface area (Å²) in [4.78, 5) is 0.563. The highest BCUT2D eigenvalue weighted by Gasteiger charge is 2.14. The molecule has 2 nitrogen and oxygen atoms in total. The third-order valence-electron chi connectivity index (χ3n) is 2.54. The van der Waals surface area contributed by atoms with Crippen LogP contribution in [0.4, 0.5) is 10.1 Å². The number of halogens is 3. The summed E-state index contributed by atoms with van der Waals surface area (Å²) in [7, 11) is -1.40. The highest BCUT2D eigenvalue weighted by Crippen LogP contribution is 2.27. The molecule has 0 aliphatic heterocycles. The Hall–Kier alpha value is -0.910. The zero-order valence-corrected chi connectivity index (χ0v) is 12.9. The second-order valence-electron chi connectivity index (χ2n) is 3.88. The highest BCUT2D eigenvalue weighted by molar-refractivity contribution is 9.10. The Morgan fingerprint density at radius 2 is 2.05 bits per heavy atom. The lowest BCUT2D eigenvalue weighted by Gasteiger charge is -2.08. The first-order valence-corrected chi connectivity index (χ1v) is 7.84. The Labute approximate surface area is 126 Å². The van der Waals surface area contributed by atoms with E-state index < -0.39 is 16.6 Å². The van der Waals surface area contributed by atoms with Crippen molar-refractivity contribution >= 4 is 44.0 Å². The molecule has 0 aliphatic carbocycles. The number of rotatable bonds is 3. The first kappa shape index (κ1) is 14.5. The molecule has 0 aliphatic rings. The maximum absolute atomic E-state index is 13.6. The Balaban J connectivity index is 2.31. The molecule has 2 aromatic carbocycles. The fraction of sp³-hybridized carbons (Fsp3) is 0.0769. The van der Waals surface area contributed by atoms with Gasteiger partial charge >= 0.3 is 0 Å². The third-order valence-corrected chi connectivity index (χ3v) is 5.21.